The zero-order valence-corrected chi connectivity index (χ0v) is 12.1. The molecule has 0 amide bonds. The van der Waals surface area contributed by atoms with Crippen molar-refractivity contribution in [3.63, 3.8) is 0 Å². The highest BCUT2D eigenvalue weighted by molar-refractivity contribution is 6.30. The van der Waals surface area contributed by atoms with Gasteiger partial charge in [0.15, 0.2) is 0 Å². The van der Waals surface area contributed by atoms with Gasteiger partial charge in [0.05, 0.1) is 24.2 Å². The molecule has 0 atom stereocenters. The van der Waals surface area contributed by atoms with E-state index in [0.717, 1.165) is 11.3 Å². The molecule has 0 aliphatic rings. The summed E-state index contributed by atoms with van der Waals surface area (Å²) in [6.07, 6.45) is 3.19. The van der Waals surface area contributed by atoms with E-state index >= 15 is 0 Å². The molecule has 0 saturated carbocycles. The summed E-state index contributed by atoms with van der Waals surface area (Å²) >= 11 is 5.87. The molecule has 0 spiro atoms. The Hall–Kier alpha value is -1.85. The average molecular weight is 294 g/mol. The lowest BCUT2D eigenvalue weighted by atomic mass is 10.1. The number of nitrogens with zero attached hydrogens (tertiary/aromatic N) is 2. The van der Waals surface area contributed by atoms with Gasteiger partial charge in [-0.05, 0) is 25.5 Å². The maximum absolute atomic E-state index is 10.0. The predicted molar refractivity (Wildman–Crippen MR) is 77.9 cm³/mol. The molecule has 0 unspecified atom stereocenters. The second-order valence-electron chi connectivity index (χ2n) is 4.54. The van der Waals surface area contributed by atoms with E-state index < -0.39 is 0 Å². The second-order valence-corrected chi connectivity index (χ2v) is 4.90. The number of aryl methyl sites for hydroxylation is 2. The predicted octanol–water partition coefficient (Wildman–Crippen LogP) is 2.56. The largest absolute Gasteiger partial charge is 0.506 e. The Balaban J connectivity index is 2.22. The molecule has 3 N–H and O–H groups in total. The zero-order valence-electron chi connectivity index (χ0n) is 11.3. The number of anilines is 1. The van der Waals surface area contributed by atoms with Gasteiger partial charge in [-0.15, -0.1) is 0 Å². The van der Waals surface area contributed by atoms with Gasteiger partial charge in [-0.2, -0.15) is 0 Å². The molecule has 0 aromatic carbocycles. The van der Waals surface area contributed by atoms with Crippen LogP contribution in [0.2, 0.25) is 5.15 Å². The van der Waals surface area contributed by atoms with Crippen molar-refractivity contribution in [3.8, 4) is 5.75 Å². The van der Waals surface area contributed by atoms with Gasteiger partial charge >= 0.3 is 0 Å². The van der Waals surface area contributed by atoms with Crippen LogP contribution in [0.3, 0.4) is 0 Å². The maximum atomic E-state index is 10.0. The third-order valence-electron chi connectivity index (χ3n) is 3.08. The van der Waals surface area contributed by atoms with Gasteiger partial charge < -0.3 is 15.5 Å². The Morgan fingerprint density at radius 2 is 2.00 bits per heavy atom. The molecule has 0 fully saturated rings. The number of hydrogen-bond donors (Lipinski definition) is 3. The van der Waals surface area contributed by atoms with Crippen LogP contribution in [0.1, 0.15) is 22.4 Å². The molecule has 0 bridgehead atoms. The molecule has 5 nitrogen and oxygen atoms in total. The third-order valence-corrected chi connectivity index (χ3v) is 3.48. The molecule has 2 aromatic rings. The van der Waals surface area contributed by atoms with Crippen LogP contribution < -0.4 is 5.32 Å². The van der Waals surface area contributed by atoms with E-state index in [2.05, 4.69) is 15.3 Å². The van der Waals surface area contributed by atoms with E-state index in [1.807, 2.05) is 13.0 Å². The first-order valence-electron chi connectivity index (χ1n) is 6.16. The number of nitrogens with one attached hydrogen (secondary N) is 1. The quantitative estimate of drug-likeness (QED) is 0.755. The van der Waals surface area contributed by atoms with Gasteiger partial charge in [0.25, 0.3) is 0 Å². The van der Waals surface area contributed by atoms with Crippen molar-refractivity contribution in [2.45, 2.75) is 27.0 Å². The fourth-order valence-corrected chi connectivity index (χ4v) is 1.97. The lowest BCUT2D eigenvalue weighted by Gasteiger charge is -2.13. The van der Waals surface area contributed by atoms with Crippen LogP contribution >= 0.6 is 11.6 Å². The lowest BCUT2D eigenvalue weighted by Crippen LogP contribution is -2.06. The first-order valence-corrected chi connectivity index (χ1v) is 6.54. The fraction of sp³-hybridized carbons (Fsp3) is 0.286. The van der Waals surface area contributed by atoms with Gasteiger partial charge in [0.1, 0.15) is 10.9 Å². The maximum Gasteiger partial charge on any atom is 0.142 e. The summed E-state index contributed by atoms with van der Waals surface area (Å²) in [4.78, 5) is 8.08. The van der Waals surface area contributed by atoms with Crippen molar-refractivity contribution in [2.75, 3.05) is 5.32 Å². The highest BCUT2D eigenvalue weighted by atomic mass is 35.5. The highest BCUT2D eigenvalue weighted by Crippen LogP contribution is 2.25. The normalized spacial score (nSPS) is 10.6. The van der Waals surface area contributed by atoms with E-state index in [1.165, 1.54) is 0 Å². The van der Waals surface area contributed by atoms with E-state index in [4.69, 9.17) is 11.6 Å². The molecular formula is C14H16ClN3O2. The molecule has 2 rings (SSSR count). The average Bonchev–Trinajstić information content (AvgIpc) is 2.44. The van der Waals surface area contributed by atoms with Crippen molar-refractivity contribution < 1.29 is 10.2 Å². The number of halogens is 1. The second kappa shape index (κ2) is 6.07. The van der Waals surface area contributed by atoms with Crippen LogP contribution in [-0.2, 0) is 13.2 Å². The summed E-state index contributed by atoms with van der Waals surface area (Å²) in [7, 11) is 0. The van der Waals surface area contributed by atoms with Crippen molar-refractivity contribution >= 4 is 17.3 Å². The van der Waals surface area contributed by atoms with Crippen LogP contribution in [0.4, 0.5) is 5.69 Å². The summed E-state index contributed by atoms with van der Waals surface area (Å²) < 4.78 is 0. The summed E-state index contributed by atoms with van der Waals surface area (Å²) in [6, 6.07) is 1.87. The minimum atomic E-state index is -0.171. The number of aromatic nitrogens is 2. The number of aliphatic hydroxyl groups excluding tert-OH is 1. The van der Waals surface area contributed by atoms with Gasteiger partial charge in [0, 0.05) is 23.9 Å². The van der Waals surface area contributed by atoms with Crippen molar-refractivity contribution in [1.29, 1.82) is 0 Å². The topological polar surface area (TPSA) is 78.3 Å². The third kappa shape index (κ3) is 3.00. The molecule has 2 aromatic heterocycles. The first-order chi connectivity index (χ1) is 9.52. The monoisotopic (exact) mass is 293 g/mol. The number of hydrogen-bond acceptors (Lipinski definition) is 5. The fourth-order valence-electron chi connectivity index (χ4n) is 1.86. The smallest absolute Gasteiger partial charge is 0.142 e. The number of pyridine rings is 2. The van der Waals surface area contributed by atoms with E-state index in [-0.39, 0.29) is 12.4 Å². The molecule has 2 heterocycles. The summed E-state index contributed by atoms with van der Waals surface area (Å²) in [5.41, 5.74) is 3.43. The van der Waals surface area contributed by atoms with Crippen molar-refractivity contribution in [1.82, 2.24) is 9.97 Å². The SMILES string of the molecule is Cc1cc(NCc2c(CO)cnc(C)c2O)cnc1Cl. The molecule has 0 saturated heterocycles. The Kier molecular flexibility index (Phi) is 4.42. The van der Waals surface area contributed by atoms with Gasteiger partial charge in [-0.25, -0.2) is 4.98 Å². The lowest BCUT2D eigenvalue weighted by molar-refractivity contribution is 0.279. The van der Waals surface area contributed by atoms with Crippen LogP contribution in [0.25, 0.3) is 0 Å². The van der Waals surface area contributed by atoms with E-state index in [1.54, 1.807) is 19.3 Å². The molecule has 0 aliphatic carbocycles. The number of aromatic hydroxyl groups is 1. The van der Waals surface area contributed by atoms with Crippen LogP contribution in [0.15, 0.2) is 18.5 Å². The summed E-state index contributed by atoms with van der Waals surface area (Å²) in [5.74, 6) is 0.0997. The van der Waals surface area contributed by atoms with Crippen LogP contribution in [-0.4, -0.2) is 20.2 Å². The molecule has 20 heavy (non-hydrogen) atoms. The van der Waals surface area contributed by atoms with Crippen molar-refractivity contribution in [3.05, 3.63) is 46.0 Å². The number of rotatable bonds is 4. The zero-order chi connectivity index (χ0) is 14.7. The molecular weight excluding hydrogens is 278 g/mol. The first kappa shape index (κ1) is 14.6. The summed E-state index contributed by atoms with van der Waals surface area (Å²) in [5, 5.41) is 23.0. The van der Waals surface area contributed by atoms with Gasteiger partial charge in [0.2, 0.25) is 0 Å². The van der Waals surface area contributed by atoms with E-state index in [0.29, 0.717) is 28.5 Å². The minimum Gasteiger partial charge on any atom is -0.506 e. The van der Waals surface area contributed by atoms with Gasteiger partial charge in [-0.3, -0.25) is 4.98 Å². The minimum absolute atomic E-state index is 0.0997. The Morgan fingerprint density at radius 3 is 2.65 bits per heavy atom. The van der Waals surface area contributed by atoms with Crippen LogP contribution in [0.5, 0.6) is 5.75 Å². The molecule has 6 heteroatoms. The Labute approximate surface area is 122 Å². The van der Waals surface area contributed by atoms with Crippen molar-refractivity contribution in [2.24, 2.45) is 0 Å². The molecule has 106 valence electrons. The van der Waals surface area contributed by atoms with Crippen LogP contribution in [0, 0.1) is 13.8 Å². The van der Waals surface area contributed by atoms with Gasteiger partial charge in [-0.1, -0.05) is 11.6 Å². The molecule has 0 radical (unpaired) electrons. The standard InChI is InChI=1S/C14H16ClN3O2/c1-8-3-11(5-18-14(8)15)17-6-12-10(7-19)4-16-9(2)13(12)20/h3-5,17,19-20H,6-7H2,1-2H3. The Bertz CT molecular complexity index is 632. The number of aliphatic hydroxyl groups is 1. The Morgan fingerprint density at radius 1 is 1.25 bits per heavy atom. The summed E-state index contributed by atoms with van der Waals surface area (Å²) in [6.45, 7) is 3.78. The van der Waals surface area contributed by atoms with E-state index in [9.17, 15) is 10.2 Å². The molecule has 0 aliphatic heterocycles. The highest BCUT2D eigenvalue weighted by Gasteiger charge is 2.11.